The van der Waals surface area contributed by atoms with Gasteiger partial charge in [0.25, 0.3) is 5.91 Å². The van der Waals surface area contributed by atoms with Crippen LogP contribution in [-0.2, 0) is 29.7 Å². The van der Waals surface area contributed by atoms with Gasteiger partial charge < -0.3 is 29.0 Å². The Bertz CT molecular complexity index is 1290. The van der Waals surface area contributed by atoms with Gasteiger partial charge in [-0.2, -0.15) is 0 Å². The lowest BCUT2D eigenvalue weighted by Crippen LogP contribution is -2.47. The number of amides is 2. The average molecular weight is 506 g/mol. The van der Waals surface area contributed by atoms with E-state index in [9.17, 15) is 9.59 Å². The molecule has 1 fully saturated rings. The van der Waals surface area contributed by atoms with Gasteiger partial charge in [-0.05, 0) is 42.4 Å². The maximum atomic E-state index is 13.1. The number of aryl methyl sites for hydroxylation is 1. The Labute approximate surface area is 215 Å². The summed E-state index contributed by atoms with van der Waals surface area (Å²) >= 11 is 0. The third-order valence-electron chi connectivity index (χ3n) is 6.51. The van der Waals surface area contributed by atoms with E-state index in [1.807, 2.05) is 61.5 Å². The minimum Gasteiger partial charge on any atom is -0.493 e. The Hall–Kier alpha value is -3.89. The second-order valence-corrected chi connectivity index (χ2v) is 9.56. The van der Waals surface area contributed by atoms with Crippen LogP contribution in [0.1, 0.15) is 21.6 Å². The summed E-state index contributed by atoms with van der Waals surface area (Å²) < 4.78 is 19.7. The molecule has 10 heteroatoms. The summed E-state index contributed by atoms with van der Waals surface area (Å²) in [6.45, 7) is 1.74. The third kappa shape index (κ3) is 5.76. The number of hydrogen-bond donors (Lipinski definition) is 1. The van der Waals surface area contributed by atoms with Gasteiger partial charge in [-0.15, -0.1) is 0 Å². The molecule has 0 unspecified atom stereocenters. The van der Waals surface area contributed by atoms with Crippen molar-refractivity contribution in [2.24, 2.45) is 7.05 Å². The molecule has 2 aliphatic heterocycles. The normalized spacial score (nSPS) is 20.6. The quantitative estimate of drug-likeness (QED) is 0.570. The summed E-state index contributed by atoms with van der Waals surface area (Å²) in [5.41, 5.74) is 2.27. The van der Waals surface area contributed by atoms with Gasteiger partial charge >= 0.3 is 0 Å². The molecule has 2 atom stereocenters. The summed E-state index contributed by atoms with van der Waals surface area (Å²) in [6, 6.07) is 13.1. The van der Waals surface area contributed by atoms with Crippen LogP contribution in [0.3, 0.4) is 0 Å². The van der Waals surface area contributed by atoms with Crippen LogP contribution < -0.4 is 14.8 Å². The van der Waals surface area contributed by atoms with Gasteiger partial charge in [-0.1, -0.05) is 18.2 Å². The number of aromatic nitrogens is 2. The molecule has 10 nitrogen and oxygen atoms in total. The number of fused-ring (bicyclic) bond motifs is 5. The maximum Gasteiger partial charge on any atom is 0.274 e. The highest BCUT2D eigenvalue weighted by molar-refractivity contribution is 5.92. The maximum absolute atomic E-state index is 13.1. The molecule has 3 heterocycles. The summed E-state index contributed by atoms with van der Waals surface area (Å²) in [7, 11) is 5.31. The number of nitrogens with one attached hydrogen (secondary N) is 1. The van der Waals surface area contributed by atoms with E-state index < -0.39 is 0 Å². The monoisotopic (exact) mass is 505 g/mol. The fourth-order valence-electron chi connectivity index (χ4n) is 4.73. The number of methoxy groups -OCH3 is 1. The average Bonchev–Trinajstić information content (AvgIpc) is 3.48. The number of nitrogens with zero attached hydrogens (tertiary/aromatic N) is 4. The predicted octanol–water partition coefficient (Wildman–Crippen LogP) is 2.19. The molecular formula is C27H31N5O5. The Kier molecular flexibility index (Phi) is 7.11. The molecule has 194 valence electrons. The van der Waals surface area contributed by atoms with E-state index in [0.717, 1.165) is 11.1 Å². The molecule has 3 aromatic rings. The second kappa shape index (κ2) is 10.6. The van der Waals surface area contributed by atoms with E-state index in [-0.39, 0.29) is 30.5 Å². The minimum absolute atomic E-state index is 0.132. The molecule has 2 amide bonds. The van der Waals surface area contributed by atoms with Gasteiger partial charge in [0.1, 0.15) is 11.4 Å². The minimum atomic E-state index is -0.368. The standard InChI is InChI=1S/C27H31N5O5/c1-30-11-18-7-8-23(35-3)24(10-18)37-20-6-4-5-19(9-20)16-36-25-14-32(13-21(25)29-26(33)15-30)27(34)22-12-31(2)17-28-22/h4-10,12,17,21,25H,11,13-16H2,1-3H3,(H,29,33)/t21-,25-/m0/s1. The Morgan fingerprint density at radius 2 is 1.97 bits per heavy atom. The van der Waals surface area contributed by atoms with Crippen LogP contribution in [0, 0.1) is 0 Å². The molecule has 1 aromatic heterocycles. The van der Waals surface area contributed by atoms with Crippen molar-refractivity contribution in [2.75, 3.05) is 33.8 Å². The van der Waals surface area contributed by atoms with Crippen molar-refractivity contribution < 1.29 is 23.8 Å². The molecule has 2 aromatic carbocycles. The summed E-state index contributed by atoms with van der Waals surface area (Å²) in [5, 5.41) is 3.09. The zero-order valence-electron chi connectivity index (χ0n) is 21.2. The Balaban J connectivity index is 1.40. The molecule has 37 heavy (non-hydrogen) atoms. The highest BCUT2D eigenvalue weighted by Crippen LogP contribution is 2.33. The van der Waals surface area contributed by atoms with Gasteiger partial charge in [0, 0.05) is 32.9 Å². The molecule has 0 spiro atoms. The van der Waals surface area contributed by atoms with Crippen LogP contribution in [0.2, 0.25) is 0 Å². The molecule has 5 rings (SSSR count). The van der Waals surface area contributed by atoms with Gasteiger partial charge in [0.15, 0.2) is 11.5 Å². The molecule has 1 saturated heterocycles. The smallest absolute Gasteiger partial charge is 0.274 e. The first-order chi connectivity index (χ1) is 17.9. The highest BCUT2D eigenvalue weighted by Gasteiger charge is 2.38. The number of carbonyl (C=O) groups is 2. The number of ether oxygens (including phenoxy) is 3. The topological polar surface area (TPSA) is 98.2 Å². The number of likely N-dealkylation sites (N-methyl/N-ethyl adjacent to an activating group) is 1. The number of hydrogen-bond acceptors (Lipinski definition) is 7. The second-order valence-electron chi connectivity index (χ2n) is 9.56. The first kappa shape index (κ1) is 24.8. The molecule has 2 aliphatic rings. The summed E-state index contributed by atoms with van der Waals surface area (Å²) in [5.74, 6) is 1.58. The van der Waals surface area contributed by atoms with E-state index in [2.05, 4.69) is 10.3 Å². The Morgan fingerprint density at radius 3 is 2.76 bits per heavy atom. The summed E-state index contributed by atoms with van der Waals surface area (Å²) in [6.07, 6.45) is 2.92. The van der Waals surface area contributed by atoms with E-state index >= 15 is 0 Å². The number of likely N-dealkylation sites (tertiary alicyclic amines) is 1. The number of benzene rings is 2. The number of rotatable bonds is 2. The van der Waals surface area contributed by atoms with Crippen LogP contribution in [0.4, 0.5) is 0 Å². The van der Waals surface area contributed by atoms with Crippen molar-refractivity contribution in [2.45, 2.75) is 25.3 Å². The summed E-state index contributed by atoms with van der Waals surface area (Å²) in [4.78, 5) is 33.8. The van der Waals surface area contributed by atoms with Crippen molar-refractivity contribution >= 4 is 11.8 Å². The van der Waals surface area contributed by atoms with Gasteiger partial charge in [-0.3, -0.25) is 14.5 Å². The van der Waals surface area contributed by atoms with Crippen LogP contribution >= 0.6 is 0 Å². The third-order valence-corrected chi connectivity index (χ3v) is 6.51. The van der Waals surface area contributed by atoms with Gasteiger partial charge in [-0.25, -0.2) is 4.98 Å². The number of carbonyl (C=O) groups excluding carboxylic acids is 2. The molecule has 1 N–H and O–H groups in total. The van der Waals surface area contributed by atoms with Crippen molar-refractivity contribution in [1.82, 2.24) is 24.7 Å². The molecular weight excluding hydrogens is 474 g/mol. The fraction of sp³-hybridized carbons (Fsp3) is 0.370. The SMILES string of the molecule is COc1ccc2cc1Oc1cccc(c1)CO[C@H]1CN(C(=O)c3cn(C)cn3)C[C@@H]1NC(=O)CN(C)C2. The van der Waals surface area contributed by atoms with Crippen LogP contribution in [-0.4, -0.2) is 77.1 Å². The molecule has 0 aliphatic carbocycles. The van der Waals surface area contributed by atoms with E-state index in [1.54, 1.807) is 29.1 Å². The highest BCUT2D eigenvalue weighted by atomic mass is 16.5. The van der Waals surface area contributed by atoms with Crippen LogP contribution in [0.25, 0.3) is 0 Å². The van der Waals surface area contributed by atoms with E-state index in [0.29, 0.717) is 49.2 Å². The lowest BCUT2D eigenvalue weighted by atomic mass is 10.1. The zero-order valence-corrected chi connectivity index (χ0v) is 21.2. The number of imidazole rings is 1. The largest absolute Gasteiger partial charge is 0.493 e. The van der Waals surface area contributed by atoms with E-state index in [1.165, 1.54) is 0 Å². The fourth-order valence-corrected chi connectivity index (χ4v) is 4.73. The predicted molar refractivity (Wildman–Crippen MR) is 135 cm³/mol. The molecule has 0 radical (unpaired) electrons. The van der Waals surface area contributed by atoms with Crippen LogP contribution in [0.15, 0.2) is 55.0 Å². The van der Waals surface area contributed by atoms with Crippen molar-refractivity contribution in [3.8, 4) is 17.2 Å². The first-order valence-electron chi connectivity index (χ1n) is 12.2. The van der Waals surface area contributed by atoms with Crippen LogP contribution in [0.5, 0.6) is 17.2 Å². The molecule has 4 bridgehead atoms. The lowest BCUT2D eigenvalue weighted by molar-refractivity contribution is -0.123. The van der Waals surface area contributed by atoms with Gasteiger partial charge in [0.05, 0.1) is 38.7 Å². The Morgan fingerprint density at radius 1 is 1.11 bits per heavy atom. The first-order valence-corrected chi connectivity index (χ1v) is 12.2. The van der Waals surface area contributed by atoms with Gasteiger partial charge in [0.2, 0.25) is 5.91 Å². The van der Waals surface area contributed by atoms with Crippen molar-refractivity contribution in [3.05, 3.63) is 71.8 Å². The van der Waals surface area contributed by atoms with E-state index in [4.69, 9.17) is 14.2 Å². The van der Waals surface area contributed by atoms with Crippen molar-refractivity contribution in [3.63, 3.8) is 0 Å². The van der Waals surface area contributed by atoms with Crippen molar-refractivity contribution in [1.29, 1.82) is 0 Å². The zero-order chi connectivity index (χ0) is 25.9. The molecule has 0 saturated carbocycles. The lowest BCUT2D eigenvalue weighted by Gasteiger charge is -2.23.